The summed E-state index contributed by atoms with van der Waals surface area (Å²) < 4.78 is 0. The molecule has 2 aromatic heterocycles. The molecule has 1 unspecified atom stereocenters. The van der Waals surface area contributed by atoms with Crippen LogP contribution in [0.2, 0.25) is 0 Å². The lowest BCUT2D eigenvalue weighted by molar-refractivity contribution is 0.317. The molecule has 0 aliphatic carbocycles. The average Bonchev–Trinajstić information content (AvgIpc) is 2.86. The highest BCUT2D eigenvalue weighted by molar-refractivity contribution is 7.99. The lowest BCUT2D eigenvalue weighted by Crippen LogP contribution is -2.17. The molecule has 0 fully saturated rings. The van der Waals surface area contributed by atoms with E-state index in [0.29, 0.717) is 5.25 Å². The van der Waals surface area contributed by atoms with E-state index in [0.717, 1.165) is 35.9 Å². The highest BCUT2D eigenvalue weighted by Gasteiger charge is 2.08. The number of hydrogen-bond donors (Lipinski definition) is 1. The molecule has 2 aromatic rings. The third-order valence-electron chi connectivity index (χ3n) is 3.39. The van der Waals surface area contributed by atoms with Gasteiger partial charge in [-0.25, -0.2) is 9.97 Å². The van der Waals surface area contributed by atoms with Crippen molar-refractivity contribution >= 4 is 11.8 Å². The number of rotatable bonds is 7. The molecule has 0 radical (unpaired) electrons. The maximum atomic E-state index is 4.44. The molecule has 2 rings (SSSR count). The second-order valence-electron chi connectivity index (χ2n) is 5.40. The second kappa shape index (κ2) is 7.56. The molecule has 1 atom stereocenters. The van der Waals surface area contributed by atoms with Crippen LogP contribution in [0.4, 0.5) is 0 Å². The molecule has 1 N–H and O–H groups in total. The van der Waals surface area contributed by atoms with Crippen LogP contribution in [0.3, 0.4) is 0 Å². The Labute approximate surface area is 130 Å². The van der Waals surface area contributed by atoms with Crippen LogP contribution in [0, 0.1) is 6.92 Å². The number of H-pyrrole nitrogens is 1. The van der Waals surface area contributed by atoms with Gasteiger partial charge >= 0.3 is 0 Å². The molecule has 5 nitrogen and oxygen atoms in total. The van der Waals surface area contributed by atoms with Gasteiger partial charge in [0.2, 0.25) is 0 Å². The Morgan fingerprint density at radius 3 is 2.52 bits per heavy atom. The molecule has 114 valence electrons. The highest BCUT2D eigenvalue weighted by Crippen LogP contribution is 2.21. The molecular formula is C15H23N5S. The molecular weight excluding hydrogens is 282 g/mol. The molecule has 21 heavy (non-hydrogen) atoms. The van der Waals surface area contributed by atoms with Crippen LogP contribution in [0.25, 0.3) is 0 Å². The Bertz CT molecular complexity index is 551. The zero-order valence-electron chi connectivity index (χ0n) is 13.1. The van der Waals surface area contributed by atoms with Crippen molar-refractivity contribution in [2.45, 2.75) is 50.7 Å². The van der Waals surface area contributed by atoms with Crippen LogP contribution in [0.5, 0.6) is 0 Å². The zero-order valence-corrected chi connectivity index (χ0v) is 13.9. The first-order valence-corrected chi connectivity index (χ1v) is 8.11. The van der Waals surface area contributed by atoms with E-state index >= 15 is 0 Å². The third-order valence-corrected chi connectivity index (χ3v) is 4.55. The van der Waals surface area contributed by atoms with Gasteiger partial charge in [0.05, 0.1) is 6.20 Å². The van der Waals surface area contributed by atoms with Gasteiger partial charge < -0.3 is 0 Å². The maximum Gasteiger partial charge on any atom is 0.187 e. The lowest BCUT2D eigenvalue weighted by atomic mass is 10.2. The topological polar surface area (TPSA) is 57.7 Å². The summed E-state index contributed by atoms with van der Waals surface area (Å²) in [5.74, 6) is 0. The fraction of sp³-hybridized carbons (Fsp3) is 0.533. The molecule has 0 bridgehead atoms. The van der Waals surface area contributed by atoms with Gasteiger partial charge in [0.15, 0.2) is 5.16 Å². The summed E-state index contributed by atoms with van der Waals surface area (Å²) in [5, 5.41) is 8.44. The molecule has 0 aliphatic heterocycles. The average molecular weight is 305 g/mol. The normalized spacial score (nSPS) is 12.8. The van der Waals surface area contributed by atoms with Gasteiger partial charge in [0, 0.05) is 47.6 Å². The first-order chi connectivity index (χ1) is 10.1. The molecule has 0 saturated carbocycles. The Kier molecular flexibility index (Phi) is 5.76. The van der Waals surface area contributed by atoms with Crippen LogP contribution >= 0.6 is 11.8 Å². The molecule has 0 aromatic carbocycles. The quantitative estimate of drug-likeness (QED) is 0.629. The van der Waals surface area contributed by atoms with Gasteiger partial charge in [0.25, 0.3) is 0 Å². The van der Waals surface area contributed by atoms with Crippen molar-refractivity contribution < 1.29 is 0 Å². The number of thioether (sulfide) groups is 1. The SMILES string of the molecule is CCC(C)Sc1ncc(CN(C)Cc2cn[nH]c2C)cn1. The second-order valence-corrected chi connectivity index (χ2v) is 6.81. The summed E-state index contributed by atoms with van der Waals surface area (Å²) in [4.78, 5) is 11.1. The Hall–Kier alpha value is -1.40. The van der Waals surface area contributed by atoms with Crippen LogP contribution in [-0.2, 0) is 13.1 Å². The largest absolute Gasteiger partial charge is 0.298 e. The molecule has 0 saturated heterocycles. The number of nitrogens with one attached hydrogen (secondary N) is 1. The van der Waals surface area contributed by atoms with Crippen molar-refractivity contribution in [3.8, 4) is 0 Å². The van der Waals surface area contributed by atoms with Crippen LogP contribution in [0.15, 0.2) is 23.7 Å². The minimum Gasteiger partial charge on any atom is -0.298 e. The third kappa shape index (κ3) is 4.82. The first-order valence-electron chi connectivity index (χ1n) is 7.23. The summed E-state index contributed by atoms with van der Waals surface area (Å²) in [6.45, 7) is 8.12. The molecule has 0 spiro atoms. The fourth-order valence-corrected chi connectivity index (χ4v) is 2.70. The minimum atomic E-state index is 0.558. The zero-order chi connectivity index (χ0) is 15.2. The van der Waals surface area contributed by atoms with E-state index in [1.807, 2.05) is 25.5 Å². The monoisotopic (exact) mass is 305 g/mol. The van der Waals surface area contributed by atoms with Gasteiger partial charge in [-0.2, -0.15) is 5.10 Å². The minimum absolute atomic E-state index is 0.558. The maximum absolute atomic E-state index is 4.44. The van der Waals surface area contributed by atoms with Gasteiger partial charge in [-0.3, -0.25) is 10.00 Å². The van der Waals surface area contributed by atoms with Crippen LogP contribution in [-0.4, -0.2) is 37.4 Å². The van der Waals surface area contributed by atoms with E-state index in [4.69, 9.17) is 0 Å². The van der Waals surface area contributed by atoms with E-state index in [1.165, 1.54) is 5.56 Å². The van der Waals surface area contributed by atoms with E-state index in [-0.39, 0.29) is 0 Å². The van der Waals surface area contributed by atoms with Gasteiger partial charge in [-0.05, 0) is 20.4 Å². The number of hydrogen-bond acceptors (Lipinski definition) is 5. The summed E-state index contributed by atoms with van der Waals surface area (Å²) in [6, 6.07) is 0. The van der Waals surface area contributed by atoms with Crippen LogP contribution in [0.1, 0.15) is 37.1 Å². The van der Waals surface area contributed by atoms with E-state index < -0.39 is 0 Å². The van der Waals surface area contributed by atoms with Crippen molar-refractivity contribution in [3.63, 3.8) is 0 Å². The Balaban J connectivity index is 1.89. The van der Waals surface area contributed by atoms with Gasteiger partial charge in [0.1, 0.15) is 0 Å². The lowest BCUT2D eigenvalue weighted by Gasteiger charge is -2.16. The van der Waals surface area contributed by atoms with Crippen molar-refractivity contribution in [1.82, 2.24) is 25.1 Å². The first kappa shape index (κ1) is 16.0. The van der Waals surface area contributed by atoms with Gasteiger partial charge in [-0.15, -0.1) is 0 Å². The number of aryl methyl sites for hydroxylation is 1. The summed E-state index contributed by atoms with van der Waals surface area (Å²) in [7, 11) is 2.09. The summed E-state index contributed by atoms with van der Waals surface area (Å²) >= 11 is 1.73. The fourth-order valence-electron chi connectivity index (χ4n) is 1.94. The van der Waals surface area contributed by atoms with E-state index in [2.05, 4.69) is 46.0 Å². The number of nitrogens with zero attached hydrogens (tertiary/aromatic N) is 4. The Morgan fingerprint density at radius 1 is 1.24 bits per heavy atom. The van der Waals surface area contributed by atoms with Crippen LogP contribution < -0.4 is 0 Å². The van der Waals surface area contributed by atoms with E-state index in [1.54, 1.807) is 11.8 Å². The van der Waals surface area contributed by atoms with Crippen molar-refractivity contribution in [2.24, 2.45) is 0 Å². The molecule has 0 aliphatic rings. The molecule has 0 amide bonds. The van der Waals surface area contributed by atoms with Gasteiger partial charge in [-0.1, -0.05) is 25.6 Å². The Morgan fingerprint density at radius 2 is 1.95 bits per heavy atom. The predicted octanol–water partition coefficient (Wildman–Crippen LogP) is 3.03. The predicted molar refractivity (Wildman–Crippen MR) is 86.1 cm³/mol. The highest BCUT2D eigenvalue weighted by atomic mass is 32.2. The molecule has 6 heteroatoms. The summed E-state index contributed by atoms with van der Waals surface area (Å²) in [6.07, 6.45) is 6.86. The number of aromatic amines is 1. The standard InChI is InChI=1S/C15H23N5S/c1-5-11(2)21-15-16-6-13(7-17-15)9-20(4)10-14-8-18-19-12(14)3/h6-8,11H,5,9-10H2,1-4H3,(H,18,19). The van der Waals surface area contributed by atoms with Crippen molar-refractivity contribution in [2.75, 3.05) is 7.05 Å². The van der Waals surface area contributed by atoms with Crippen molar-refractivity contribution in [3.05, 3.63) is 35.4 Å². The van der Waals surface area contributed by atoms with Crippen molar-refractivity contribution in [1.29, 1.82) is 0 Å². The van der Waals surface area contributed by atoms with E-state index in [9.17, 15) is 0 Å². The smallest absolute Gasteiger partial charge is 0.187 e. The molecule has 2 heterocycles. The summed E-state index contributed by atoms with van der Waals surface area (Å²) in [5.41, 5.74) is 3.48. The number of aromatic nitrogens is 4.